The van der Waals surface area contributed by atoms with E-state index in [0.29, 0.717) is 17.3 Å². The van der Waals surface area contributed by atoms with Crippen molar-refractivity contribution in [3.63, 3.8) is 0 Å². The molecular weight excluding hydrogens is 262 g/mol. The topological polar surface area (TPSA) is 47.8 Å². The van der Waals surface area contributed by atoms with Crippen LogP contribution in [0.2, 0.25) is 5.02 Å². The predicted octanol–water partition coefficient (Wildman–Crippen LogP) is 2.87. The summed E-state index contributed by atoms with van der Waals surface area (Å²) in [6, 6.07) is 7.59. The molecule has 0 aliphatic heterocycles. The van der Waals surface area contributed by atoms with Gasteiger partial charge in [-0.25, -0.2) is 9.67 Å². The number of hydrogen-bond acceptors (Lipinski definition) is 3. The zero-order valence-electron chi connectivity index (χ0n) is 11.0. The lowest BCUT2D eigenvalue weighted by Gasteiger charge is -2.09. The Bertz CT molecular complexity index is 578. The van der Waals surface area contributed by atoms with E-state index in [1.165, 1.54) is 6.33 Å². The molecule has 19 heavy (non-hydrogen) atoms. The summed E-state index contributed by atoms with van der Waals surface area (Å²) in [6.07, 6.45) is 2.09. The fraction of sp³-hybridized carbons (Fsp3) is 0.357. The van der Waals surface area contributed by atoms with Crippen LogP contribution in [-0.2, 0) is 17.6 Å². The van der Waals surface area contributed by atoms with E-state index < -0.39 is 0 Å². The van der Waals surface area contributed by atoms with E-state index in [0.717, 1.165) is 5.56 Å². The first kappa shape index (κ1) is 13.7. The zero-order chi connectivity index (χ0) is 13.8. The fourth-order valence-corrected chi connectivity index (χ4v) is 2.13. The van der Waals surface area contributed by atoms with Gasteiger partial charge in [0, 0.05) is 17.5 Å². The van der Waals surface area contributed by atoms with Gasteiger partial charge >= 0.3 is 0 Å². The van der Waals surface area contributed by atoms with Crippen molar-refractivity contribution in [3.8, 4) is 0 Å². The first-order chi connectivity index (χ1) is 9.08. The molecule has 0 aliphatic carbocycles. The minimum Gasteiger partial charge on any atom is -0.299 e. The Labute approximate surface area is 117 Å². The molecule has 0 saturated heterocycles. The Morgan fingerprint density at radius 2 is 2.05 bits per heavy atom. The number of Topliss-reactive ketones (excluding diaryl/α,β-unsaturated/α-hetero) is 1. The summed E-state index contributed by atoms with van der Waals surface area (Å²) < 4.78 is 1.77. The second kappa shape index (κ2) is 5.97. The molecule has 0 saturated carbocycles. The number of nitrogens with zero attached hydrogens (tertiary/aromatic N) is 3. The molecule has 4 nitrogen and oxygen atoms in total. The number of ketones is 1. The van der Waals surface area contributed by atoms with Crippen LogP contribution in [0.15, 0.2) is 30.6 Å². The number of aromatic nitrogens is 3. The Hall–Kier alpha value is -1.68. The van der Waals surface area contributed by atoms with Crippen LogP contribution in [0.25, 0.3) is 0 Å². The summed E-state index contributed by atoms with van der Waals surface area (Å²) in [6.45, 7) is 4.02. The average Bonchev–Trinajstić information content (AvgIpc) is 2.80. The number of hydrogen-bond donors (Lipinski definition) is 0. The number of rotatable bonds is 5. The highest BCUT2D eigenvalue weighted by Gasteiger charge is 2.13. The maximum Gasteiger partial charge on any atom is 0.144 e. The highest BCUT2D eigenvalue weighted by atomic mass is 35.5. The second-order valence-corrected chi connectivity index (χ2v) is 5.11. The fourth-order valence-electron chi connectivity index (χ4n) is 1.92. The maximum absolute atomic E-state index is 12.1. The summed E-state index contributed by atoms with van der Waals surface area (Å²) in [7, 11) is 0. The van der Waals surface area contributed by atoms with Gasteiger partial charge in [-0.05, 0) is 25.5 Å². The molecule has 2 aromatic rings. The van der Waals surface area contributed by atoms with Gasteiger partial charge in [0.05, 0.1) is 6.42 Å². The molecule has 0 atom stereocenters. The maximum atomic E-state index is 12.1. The monoisotopic (exact) mass is 277 g/mol. The van der Waals surface area contributed by atoms with Crippen molar-refractivity contribution in [1.29, 1.82) is 0 Å². The van der Waals surface area contributed by atoms with Crippen molar-refractivity contribution in [2.75, 3.05) is 0 Å². The molecule has 0 spiro atoms. The van der Waals surface area contributed by atoms with Crippen molar-refractivity contribution in [1.82, 2.24) is 14.8 Å². The lowest BCUT2D eigenvalue weighted by molar-refractivity contribution is -0.117. The number of halogens is 1. The van der Waals surface area contributed by atoms with Crippen molar-refractivity contribution in [3.05, 3.63) is 47.0 Å². The first-order valence-corrected chi connectivity index (χ1v) is 6.59. The predicted molar refractivity (Wildman–Crippen MR) is 74.3 cm³/mol. The van der Waals surface area contributed by atoms with Gasteiger partial charge in [0.1, 0.15) is 17.9 Å². The third-order valence-corrected chi connectivity index (χ3v) is 3.21. The van der Waals surface area contributed by atoms with Crippen molar-refractivity contribution < 1.29 is 4.79 Å². The van der Waals surface area contributed by atoms with E-state index in [1.54, 1.807) is 10.7 Å². The van der Waals surface area contributed by atoms with Gasteiger partial charge in [-0.3, -0.25) is 4.79 Å². The number of benzene rings is 1. The summed E-state index contributed by atoms with van der Waals surface area (Å²) in [5, 5.41) is 4.75. The molecule has 0 bridgehead atoms. The van der Waals surface area contributed by atoms with E-state index in [9.17, 15) is 4.79 Å². The highest BCUT2D eigenvalue weighted by molar-refractivity contribution is 6.31. The zero-order valence-corrected chi connectivity index (χ0v) is 11.8. The Kier molecular flexibility index (Phi) is 4.32. The number of carbonyl (C=O) groups is 1. The molecule has 0 fully saturated rings. The van der Waals surface area contributed by atoms with E-state index >= 15 is 0 Å². The van der Waals surface area contributed by atoms with E-state index in [1.807, 2.05) is 32.0 Å². The largest absolute Gasteiger partial charge is 0.299 e. The molecule has 0 amide bonds. The smallest absolute Gasteiger partial charge is 0.144 e. The molecule has 1 aromatic heterocycles. The third kappa shape index (κ3) is 3.41. The highest BCUT2D eigenvalue weighted by Crippen LogP contribution is 2.16. The molecular formula is C14H16ClN3O. The van der Waals surface area contributed by atoms with Crippen LogP contribution in [0.4, 0.5) is 0 Å². The SMILES string of the molecule is CC(C)n1ncnc1CC(=O)Cc1ccccc1Cl. The van der Waals surface area contributed by atoms with Gasteiger partial charge in [0.15, 0.2) is 0 Å². The first-order valence-electron chi connectivity index (χ1n) is 6.21. The summed E-state index contributed by atoms with van der Waals surface area (Å²) in [4.78, 5) is 16.2. The van der Waals surface area contributed by atoms with Crippen LogP contribution >= 0.6 is 11.6 Å². The molecule has 1 aromatic carbocycles. The minimum atomic E-state index is 0.0861. The molecule has 0 unspecified atom stereocenters. The lowest BCUT2D eigenvalue weighted by atomic mass is 10.1. The standard InChI is InChI=1S/C14H16ClN3O/c1-10(2)18-14(16-9-17-18)8-12(19)7-11-5-3-4-6-13(11)15/h3-6,9-10H,7-8H2,1-2H3. The van der Waals surface area contributed by atoms with Crippen LogP contribution in [0.3, 0.4) is 0 Å². The normalized spacial score (nSPS) is 10.9. The van der Waals surface area contributed by atoms with Crippen LogP contribution in [0.1, 0.15) is 31.3 Å². The van der Waals surface area contributed by atoms with Crippen LogP contribution < -0.4 is 0 Å². The van der Waals surface area contributed by atoms with E-state index in [4.69, 9.17) is 11.6 Å². The molecule has 2 rings (SSSR count). The molecule has 0 N–H and O–H groups in total. The molecule has 0 radical (unpaired) electrons. The van der Waals surface area contributed by atoms with Gasteiger partial charge in [0.25, 0.3) is 0 Å². The third-order valence-electron chi connectivity index (χ3n) is 2.84. The van der Waals surface area contributed by atoms with Crippen molar-refractivity contribution >= 4 is 17.4 Å². The van der Waals surface area contributed by atoms with Gasteiger partial charge in [-0.2, -0.15) is 5.10 Å². The lowest BCUT2D eigenvalue weighted by Crippen LogP contribution is -2.14. The Morgan fingerprint density at radius 3 is 2.74 bits per heavy atom. The second-order valence-electron chi connectivity index (χ2n) is 4.70. The summed E-state index contributed by atoms with van der Waals surface area (Å²) in [5.74, 6) is 0.787. The molecule has 1 heterocycles. The molecule has 100 valence electrons. The van der Waals surface area contributed by atoms with Gasteiger partial charge < -0.3 is 0 Å². The summed E-state index contributed by atoms with van der Waals surface area (Å²) >= 11 is 6.05. The van der Waals surface area contributed by atoms with E-state index in [2.05, 4.69) is 10.1 Å². The minimum absolute atomic E-state index is 0.0861. The van der Waals surface area contributed by atoms with Crippen molar-refractivity contribution in [2.45, 2.75) is 32.7 Å². The molecule has 5 heteroatoms. The Morgan fingerprint density at radius 1 is 1.32 bits per heavy atom. The Balaban J connectivity index is 2.06. The van der Waals surface area contributed by atoms with Gasteiger partial charge in [-0.1, -0.05) is 29.8 Å². The van der Waals surface area contributed by atoms with Gasteiger partial charge in [-0.15, -0.1) is 0 Å². The van der Waals surface area contributed by atoms with Gasteiger partial charge in [0.2, 0.25) is 0 Å². The number of carbonyl (C=O) groups excluding carboxylic acids is 1. The summed E-state index contributed by atoms with van der Waals surface area (Å²) in [5.41, 5.74) is 0.852. The van der Waals surface area contributed by atoms with Crippen LogP contribution in [-0.4, -0.2) is 20.5 Å². The van der Waals surface area contributed by atoms with Crippen LogP contribution in [0.5, 0.6) is 0 Å². The molecule has 0 aliphatic rings. The quantitative estimate of drug-likeness (QED) is 0.844. The van der Waals surface area contributed by atoms with Crippen molar-refractivity contribution in [2.24, 2.45) is 0 Å². The van der Waals surface area contributed by atoms with E-state index in [-0.39, 0.29) is 18.2 Å². The average molecular weight is 278 g/mol. The van der Waals surface area contributed by atoms with Crippen LogP contribution in [0, 0.1) is 0 Å².